The summed E-state index contributed by atoms with van der Waals surface area (Å²) >= 11 is 1.31. The number of anilines is 1. The lowest BCUT2D eigenvalue weighted by atomic mass is 10.3. The topological polar surface area (TPSA) is 95.6 Å². The number of carbonyl (C=O) groups is 1. The first-order valence-corrected chi connectivity index (χ1v) is 5.60. The van der Waals surface area contributed by atoms with Gasteiger partial charge in [0.05, 0.1) is 5.69 Å². The zero-order valence-corrected chi connectivity index (χ0v) is 9.78. The molecule has 2 rings (SSSR count). The smallest absolute Gasteiger partial charge is 0.319 e. The Bertz CT molecular complexity index is 500. The van der Waals surface area contributed by atoms with Gasteiger partial charge in [0.15, 0.2) is 0 Å². The minimum Gasteiger partial charge on any atom is -0.341 e. The summed E-state index contributed by atoms with van der Waals surface area (Å²) < 4.78 is 0. The molecule has 1 aromatic carbocycles. The number of nitrogens with one attached hydrogen (secondary N) is 3. The summed E-state index contributed by atoms with van der Waals surface area (Å²) in [6, 6.07) is 7.11. The predicted molar refractivity (Wildman–Crippen MR) is 62.8 cm³/mol. The monoisotopic (exact) mass is 250 g/mol. The van der Waals surface area contributed by atoms with Crippen LogP contribution in [0.4, 0.5) is 10.5 Å². The third-order valence-corrected chi connectivity index (χ3v) is 2.82. The third kappa shape index (κ3) is 2.94. The summed E-state index contributed by atoms with van der Waals surface area (Å²) in [6.45, 7) is 0. The van der Waals surface area contributed by atoms with Gasteiger partial charge in [0.1, 0.15) is 0 Å². The van der Waals surface area contributed by atoms with Crippen LogP contribution < -0.4 is 10.6 Å². The van der Waals surface area contributed by atoms with Gasteiger partial charge in [-0.25, -0.2) is 4.79 Å². The number of hydrogen-bond acceptors (Lipinski definition) is 5. The van der Waals surface area contributed by atoms with Crippen molar-refractivity contribution < 1.29 is 4.79 Å². The van der Waals surface area contributed by atoms with Crippen LogP contribution in [0.3, 0.4) is 0 Å². The molecule has 0 saturated carbocycles. The number of hydrogen-bond donors (Lipinski definition) is 3. The second-order valence-corrected chi connectivity index (χ2v) is 4.01. The molecule has 88 valence electrons. The molecule has 0 radical (unpaired) electrons. The number of urea groups is 1. The molecule has 1 heterocycles. The number of amides is 2. The number of benzene rings is 1. The maximum absolute atomic E-state index is 11.3. The van der Waals surface area contributed by atoms with Crippen LogP contribution in [0.2, 0.25) is 0 Å². The van der Waals surface area contributed by atoms with E-state index in [2.05, 4.69) is 31.3 Å². The molecule has 0 atom stereocenters. The lowest BCUT2D eigenvalue weighted by Gasteiger charge is -2.08. The fourth-order valence-electron chi connectivity index (χ4n) is 1.14. The van der Waals surface area contributed by atoms with Crippen molar-refractivity contribution in [2.45, 2.75) is 10.1 Å². The number of tetrazole rings is 1. The number of aromatic amines is 1. The van der Waals surface area contributed by atoms with Gasteiger partial charge in [-0.2, -0.15) is 5.21 Å². The number of carbonyl (C=O) groups excluding carboxylic acids is 1. The Hall–Kier alpha value is -2.09. The van der Waals surface area contributed by atoms with E-state index < -0.39 is 0 Å². The molecule has 0 unspecified atom stereocenters. The lowest BCUT2D eigenvalue weighted by Crippen LogP contribution is -2.24. The van der Waals surface area contributed by atoms with Gasteiger partial charge in [-0.3, -0.25) is 0 Å². The van der Waals surface area contributed by atoms with Crippen molar-refractivity contribution in [1.29, 1.82) is 0 Å². The van der Waals surface area contributed by atoms with E-state index >= 15 is 0 Å². The number of para-hydroxylation sites is 1. The molecule has 7 nitrogen and oxygen atoms in total. The molecule has 0 spiro atoms. The normalized spacial score (nSPS) is 9.94. The van der Waals surface area contributed by atoms with E-state index in [1.807, 2.05) is 18.2 Å². The van der Waals surface area contributed by atoms with Crippen LogP contribution in [0.25, 0.3) is 0 Å². The van der Waals surface area contributed by atoms with Gasteiger partial charge in [-0.15, -0.1) is 10.2 Å². The van der Waals surface area contributed by atoms with Crippen LogP contribution in [0.1, 0.15) is 0 Å². The molecule has 17 heavy (non-hydrogen) atoms. The molecule has 0 aliphatic rings. The highest BCUT2D eigenvalue weighted by molar-refractivity contribution is 7.99. The molecule has 1 aromatic heterocycles. The molecule has 0 bridgehead atoms. The first-order chi connectivity index (χ1) is 8.29. The molecule has 2 aromatic rings. The van der Waals surface area contributed by atoms with Crippen LogP contribution >= 0.6 is 11.8 Å². The van der Waals surface area contributed by atoms with Crippen LogP contribution in [-0.4, -0.2) is 33.7 Å². The minimum absolute atomic E-state index is 0.272. The SMILES string of the molecule is CNC(=O)Nc1ccccc1Sc1nn[nH]n1. The van der Waals surface area contributed by atoms with Crippen LogP contribution in [0, 0.1) is 0 Å². The largest absolute Gasteiger partial charge is 0.341 e. The second-order valence-electron chi connectivity index (χ2n) is 3.00. The molecule has 2 amide bonds. The molecular weight excluding hydrogens is 240 g/mol. The minimum atomic E-state index is -0.272. The summed E-state index contributed by atoms with van der Waals surface area (Å²) in [4.78, 5) is 12.1. The Morgan fingerprint density at radius 2 is 2.24 bits per heavy atom. The van der Waals surface area contributed by atoms with Gasteiger partial charge in [0.25, 0.3) is 0 Å². The van der Waals surface area contributed by atoms with Crippen molar-refractivity contribution in [2.24, 2.45) is 0 Å². The number of nitrogens with zero attached hydrogens (tertiary/aromatic N) is 3. The first kappa shape index (κ1) is 11.4. The fourth-order valence-corrected chi connectivity index (χ4v) is 1.88. The van der Waals surface area contributed by atoms with Crippen LogP contribution in [-0.2, 0) is 0 Å². The van der Waals surface area contributed by atoms with E-state index in [0.717, 1.165) is 4.90 Å². The van der Waals surface area contributed by atoms with E-state index in [4.69, 9.17) is 0 Å². The van der Waals surface area contributed by atoms with E-state index in [1.54, 1.807) is 13.1 Å². The zero-order chi connectivity index (χ0) is 12.1. The average molecular weight is 250 g/mol. The molecule has 3 N–H and O–H groups in total. The second kappa shape index (κ2) is 5.30. The summed E-state index contributed by atoms with van der Waals surface area (Å²) in [5.41, 5.74) is 0.696. The number of rotatable bonds is 3. The summed E-state index contributed by atoms with van der Waals surface area (Å²) in [5, 5.41) is 19.2. The summed E-state index contributed by atoms with van der Waals surface area (Å²) in [7, 11) is 1.56. The van der Waals surface area contributed by atoms with Gasteiger partial charge >= 0.3 is 6.03 Å². The summed E-state index contributed by atoms with van der Waals surface area (Å²) in [5.74, 6) is 0. The lowest BCUT2D eigenvalue weighted by molar-refractivity contribution is 0.254. The maximum atomic E-state index is 11.3. The quantitative estimate of drug-likeness (QED) is 0.758. The molecule has 0 aliphatic carbocycles. The van der Waals surface area contributed by atoms with Crippen molar-refractivity contribution in [2.75, 3.05) is 12.4 Å². The number of H-pyrrole nitrogens is 1. The number of aromatic nitrogens is 4. The first-order valence-electron chi connectivity index (χ1n) is 4.78. The Kier molecular flexibility index (Phi) is 3.55. The predicted octanol–water partition coefficient (Wildman–Crippen LogP) is 1.10. The Morgan fingerprint density at radius 3 is 2.94 bits per heavy atom. The molecule has 0 saturated heterocycles. The molecule has 0 fully saturated rings. The highest BCUT2D eigenvalue weighted by Crippen LogP contribution is 2.30. The average Bonchev–Trinajstić information content (AvgIpc) is 2.84. The van der Waals surface area contributed by atoms with Crippen molar-refractivity contribution in [3.05, 3.63) is 24.3 Å². The summed E-state index contributed by atoms with van der Waals surface area (Å²) in [6.07, 6.45) is 0. The van der Waals surface area contributed by atoms with Gasteiger partial charge in [0, 0.05) is 11.9 Å². The molecule has 0 aliphatic heterocycles. The van der Waals surface area contributed by atoms with Crippen LogP contribution in [0.15, 0.2) is 34.3 Å². The molecule has 8 heteroatoms. The van der Waals surface area contributed by atoms with Crippen molar-refractivity contribution in [1.82, 2.24) is 25.9 Å². The maximum Gasteiger partial charge on any atom is 0.319 e. The fraction of sp³-hybridized carbons (Fsp3) is 0.111. The highest BCUT2D eigenvalue weighted by Gasteiger charge is 2.08. The van der Waals surface area contributed by atoms with Crippen molar-refractivity contribution in [3.63, 3.8) is 0 Å². The Morgan fingerprint density at radius 1 is 1.41 bits per heavy atom. The van der Waals surface area contributed by atoms with E-state index in [9.17, 15) is 4.79 Å². The Balaban J connectivity index is 2.18. The standard InChI is InChI=1S/C9H10N6OS/c1-10-8(16)11-6-4-2-3-5-7(6)17-9-12-14-15-13-9/h2-5H,1H3,(H2,10,11,16)(H,12,13,14,15). The van der Waals surface area contributed by atoms with Crippen molar-refractivity contribution in [3.8, 4) is 0 Å². The zero-order valence-electron chi connectivity index (χ0n) is 8.97. The Labute approximate surface area is 101 Å². The van der Waals surface area contributed by atoms with Crippen LogP contribution in [0.5, 0.6) is 0 Å². The van der Waals surface area contributed by atoms with E-state index in [0.29, 0.717) is 10.8 Å². The van der Waals surface area contributed by atoms with Crippen molar-refractivity contribution >= 4 is 23.5 Å². The highest BCUT2D eigenvalue weighted by atomic mass is 32.2. The van der Waals surface area contributed by atoms with Gasteiger partial charge in [-0.1, -0.05) is 12.1 Å². The van der Waals surface area contributed by atoms with Gasteiger partial charge < -0.3 is 10.6 Å². The van der Waals surface area contributed by atoms with E-state index in [1.165, 1.54) is 11.8 Å². The third-order valence-electron chi connectivity index (χ3n) is 1.89. The van der Waals surface area contributed by atoms with E-state index in [-0.39, 0.29) is 6.03 Å². The van der Waals surface area contributed by atoms with Gasteiger partial charge in [0.2, 0.25) is 5.16 Å². The molecular formula is C9H10N6OS. The van der Waals surface area contributed by atoms with Gasteiger partial charge in [-0.05, 0) is 29.1 Å².